The first-order valence-electron chi connectivity index (χ1n) is 7.11. The van der Waals surface area contributed by atoms with E-state index in [1.807, 2.05) is 49.5 Å². The van der Waals surface area contributed by atoms with Crippen molar-refractivity contribution in [2.45, 2.75) is 13.0 Å². The average Bonchev–Trinajstić information content (AvgIpc) is 3.21. The normalized spacial score (nSPS) is 12.0. The van der Waals surface area contributed by atoms with Gasteiger partial charge < -0.3 is 9.73 Å². The fourth-order valence-electron chi connectivity index (χ4n) is 2.35. The van der Waals surface area contributed by atoms with E-state index in [4.69, 9.17) is 4.42 Å². The molecule has 22 heavy (non-hydrogen) atoms. The number of rotatable bonds is 5. The van der Waals surface area contributed by atoms with E-state index in [0.717, 1.165) is 11.3 Å². The van der Waals surface area contributed by atoms with Gasteiger partial charge in [-0.2, -0.15) is 5.10 Å². The summed E-state index contributed by atoms with van der Waals surface area (Å²) in [6.45, 7) is 2.37. The van der Waals surface area contributed by atoms with Crippen LogP contribution in [0.3, 0.4) is 0 Å². The van der Waals surface area contributed by atoms with Crippen LogP contribution in [0, 0.1) is 6.92 Å². The first kappa shape index (κ1) is 14.1. The maximum absolute atomic E-state index is 12.3. The van der Waals surface area contributed by atoms with E-state index in [9.17, 15) is 4.79 Å². The molecule has 1 aromatic carbocycles. The number of aryl methyl sites for hydroxylation is 1. The minimum atomic E-state index is -0.168. The molecule has 0 aliphatic heterocycles. The first-order chi connectivity index (χ1) is 10.7. The van der Waals surface area contributed by atoms with E-state index in [1.165, 1.54) is 0 Å². The second kappa shape index (κ2) is 6.30. The molecule has 1 amide bonds. The molecule has 0 spiro atoms. The molecule has 3 aromatic rings. The number of hydrogen-bond donors (Lipinski definition) is 1. The van der Waals surface area contributed by atoms with Gasteiger partial charge in [0, 0.05) is 24.5 Å². The minimum Gasteiger partial charge on any atom is -0.467 e. The first-order valence-corrected chi connectivity index (χ1v) is 7.11. The quantitative estimate of drug-likeness (QED) is 0.787. The molecule has 2 aromatic heterocycles. The standard InChI is InChI=1S/C17H17N3O2/c1-13-5-2-6-14(11-13)17(21)18-12-15(16-7-3-10-22-16)20-9-4-8-19-20/h2-11,15H,12H2,1H3,(H,18,21)/t15-/m1/s1. The molecule has 0 bridgehead atoms. The SMILES string of the molecule is Cc1cccc(C(=O)NC[C@H](c2ccco2)n2cccn2)c1. The van der Waals surface area contributed by atoms with Gasteiger partial charge >= 0.3 is 0 Å². The van der Waals surface area contributed by atoms with Crippen LogP contribution < -0.4 is 5.32 Å². The van der Waals surface area contributed by atoms with Crippen LogP contribution in [0.15, 0.2) is 65.5 Å². The number of hydrogen-bond acceptors (Lipinski definition) is 3. The van der Waals surface area contributed by atoms with Gasteiger partial charge in [-0.05, 0) is 37.3 Å². The van der Waals surface area contributed by atoms with Gasteiger partial charge in [0.2, 0.25) is 0 Å². The zero-order chi connectivity index (χ0) is 15.4. The van der Waals surface area contributed by atoms with Crippen LogP contribution in [0.4, 0.5) is 0 Å². The topological polar surface area (TPSA) is 60.1 Å². The van der Waals surface area contributed by atoms with Crippen molar-refractivity contribution < 1.29 is 9.21 Å². The Balaban J connectivity index is 1.73. The van der Waals surface area contributed by atoms with Crippen molar-refractivity contribution in [2.24, 2.45) is 0 Å². The highest BCUT2D eigenvalue weighted by molar-refractivity contribution is 5.94. The zero-order valence-corrected chi connectivity index (χ0v) is 12.3. The summed E-state index contributed by atoms with van der Waals surface area (Å²) in [6.07, 6.45) is 5.18. The summed E-state index contributed by atoms with van der Waals surface area (Å²) < 4.78 is 7.24. The molecule has 1 N–H and O–H groups in total. The molecule has 0 saturated carbocycles. The van der Waals surface area contributed by atoms with E-state index in [1.54, 1.807) is 23.2 Å². The van der Waals surface area contributed by atoms with E-state index >= 15 is 0 Å². The molecular weight excluding hydrogens is 278 g/mol. The molecule has 0 aliphatic rings. The maximum atomic E-state index is 12.3. The van der Waals surface area contributed by atoms with Crippen LogP contribution in [-0.4, -0.2) is 22.2 Å². The molecule has 3 rings (SSSR count). The summed E-state index contributed by atoms with van der Waals surface area (Å²) >= 11 is 0. The third-order valence-corrected chi connectivity index (χ3v) is 3.45. The van der Waals surface area contributed by atoms with E-state index in [-0.39, 0.29) is 11.9 Å². The van der Waals surface area contributed by atoms with Crippen molar-refractivity contribution >= 4 is 5.91 Å². The molecule has 0 fully saturated rings. The third kappa shape index (κ3) is 3.09. The van der Waals surface area contributed by atoms with Crippen LogP contribution in [-0.2, 0) is 0 Å². The van der Waals surface area contributed by atoms with Crippen molar-refractivity contribution in [2.75, 3.05) is 6.54 Å². The number of amides is 1. The van der Waals surface area contributed by atoms with E-state index in [0.29, 0.717) is 12.1 Å². The van der Waals surface area contributed by atoms with Gasteiger partial charge in [0.25, 0.3) is 5.91 Å². The largest absolute Gasteiger partial charge is 0.467 e. The zero-order valence-electron chi connectivity index (χ0n) is 12.3. The van der Waals surface area contributed by atoms with Crippen LogP contribution in [0.1, 0.15) is 27.7 Å². The van der Waals surface area contributed by atoms with Gasteiger partial charge in [-0.3, -0.25) is 9.48 Å². The van der Waals surface area contributed by atoms with Crippen LogP contribution >= 0.6 is 0 Å². The highest BCUT2D eigenvalue weighted by Crippen LogP contribution is 2.17. The molecule has 5 heteroatoms. The number of nitrogens with zero attached hydrogens (tertiary/aromatic N) is 2. The van der Waals surface area contributed by atoms with Gasteiger partial charge in [-0.1, -0.05) is 17.7 Å². The van der Waals surface area contributed by atoms with Crippen molar-refractivity contribution in [1.29, 1.82) is 0 Å². The Bertz CT molecular complexity index is 699. The Labute approximate surface area is 128 Å². The Morgan fingerprint density at radius 2 is 2.23 bits per heavy atom. The highest BCUT2D eigenvalue weighted by Gasteiger charge is 2.18. The second-order valence-corrected chi connectivity index (χ2v) is 5.10. The predicted octanol–water partition coefficient (Wildman–Crippen LogP) is 2.80. The maximum Gasteiger partial charge on any atom is 0.251 e. The smallest absolute Gasteiger partial charge is 0.251 e. The summed E-state index contributed by atoms with van der Waals surface area (Å²) in [5, 5.41) is 7.19. The Morgan fingerprint density at radius 1 is 1.32 bits per heavy atom. The van der Waals surface area contributed by atoms with Crippen molar-refractivity contribution in [3.05, 3.63) is 78.0 Å². The van der Waals surface area contributed by atoms with Gasteiger partial charge in [0.05, 0.1) is 6.26 Å². The van der Waals surface area contributed by atoms with Crippen molar-refractivity contribution in [1.82, 2.24) is 15.1 Å². The van der Waals surface area contributed by atoms with Crippen LogP contribution in [0.2, 0.25) is 0 Å². The van der Waals surface area contributed by atoms with Crippen molar-refractivity contribution in [3.63, 3.8) is 0 Å². The Kier molecular flexibility index (Phi) is 4.05. The predicted molar refractivity (Wildman–Crippen MR) is 82.6 cm³/mol. The lowest BCUT2D eigenvalue weighted by Crippen LogP contribution is -2.31. The fraction of sp³-hybridized carbons (Fsp3) is 0.176. The summed E-state index contributed by atoms with van der Waals surface area (Å²) in [5.74, 6) is 0.653. The lowest BCUT2D eigenvalue weighted by Gasteiger charge is -2.16. The van der Waals surface area contributed by atoms with Crippen molar-refractivity contribution in [3.8, 4) is 0 Å². The van der Waals surface area contributed by atoms with Gasteiger partial charge in [-0.25, -0.2) is 0 Å². The molecule has 0 saturated heterocycles. The van der Waals surface area contributed by atoms with E-state index < -0.39 is 0 Å². The summed E-state index contributed by atoms with van der Waals surface area (Å²) in [7, 11) is 0. The average molecular weight is 295 g/mol. The van der Waals surface area contributed by atoms with Crippen LogP contribution in [0.5, 0.6) is 0 Å². The second-order valence-electron chi connectivity index (χ2n) is 5.10. The molecule has 2 heterocycles. The monoisotopic (exact) mass is 295 g/mol. The molecule has 0 aliphatic carbocycles. The number of benzene rings is 1. The highest BCUT2D eigenvalue weighted by atomic mass is 16.3. The number of furan rings is 1. The number of aromatic nitrogens is 2. The Morgan fingerprint density at radius 3 is 2.91 bits per heavy atom. The molecule has 1 atom stereocenters. The lowest BCUT2D eigenvalue weighted by molar-refractivity contribution is 0.0948. The molecule has 0 unspecified atom stereocenters. The molecular formula is C17H17N3O2. The van der Waals surface area contributed by atoms with Gasteiger partial charge in [0.15, 0.2) is 0 Å². The third-order valence-electron chi connectivity index (χ3n) is 3.45. The lowest BCUT2D eigenvalue weighted by atomic mass is 10.1. The molecule has 112 valence electrons. The summed E-state index contributed by atoms with van der Waals surface area (Å²) in [5.41, 5.74) is 1.71. The van der Waals surface area contributed by atoms with Gasteiger partial charge in [-0.15, -0.1) is 0 Å². The number of carbonyl (C=O) groups excluding carboxylic acids is 1. The summed E-state index contributed by atoms with van der Waals surface area (Å²) in [6, 6.07) is 12.9. The number of nitrogens with one attached hydrogen (secondary N) is 1. The minimum absolute atomic E-state index is 0.104. The van der Waals surface area contributed by atoms with Gasteiger partial charge in [0.1, 0.15) is 11.8 Å². The molecule has 0 radical (unpaired) electrons. The van der Waals surface area contributed by atoms with E-state index in [2.05, 4.69) is 10.4 Å². The molecule has 5 nitrogen and oxygen atoms in total. The fourth-order valence-corrected chi connectivity index (χ4v) is 2.35. The Hall–Kier alpha value is -2.82. The number of carbonyl (C=O) groups is 1. The van der Waals surface area contributed by atoms with Crippen LogP contribution in [0.25, 0.3) is 0 Å². The summed E-state index contributed by atoms with van der Waals surface area (Å²) in [4.78, 5) is 12.3.